The second kappa shape index (κ2) is 12.0. The van der Waals surface area contributed by atoms with Crippen LogP contribution < -0.4 is 26.0 Å². The van der Waals surface area contributed by atoms with Crippen LogP contribution in [0.5, 0.6) is 5.75 Å². The molecule has 14 nitrogen and oxygen atoms in total. The Kier molecular flexibility index (Phi) is 8.34. The van der Waals surface area contributed by atoms with Crippen molar-refractivity contribution in [2.24, 2.45) is 13.0 Å². The van der Waals surface area contributed by atoms with E-state index in [9.17, 15) is 19.2 Å². The van der Waals surface area contributed by atoms with Gasteiger partial charge in [0.15, 0.2) is 17.3 Å². The second-order valence-corrected chi connectivity index (χ2v) is 10.4. The van der Waals surface area contributed by atoms with Crippen LogP contribution in [0.4, 0.5) is 21.6 Å². The zero-order valence-electron chi connectivity index (χ0n) is 23.8. The minimum atomic E-state index is -2.09. The first-order chi connectivity index (χ1) is 20.8. The van der Waals surface area contributed by atoms with Gasteiger partial charge in [-0.15, -0.1) is 10.2 Å². The van der Waals surface area contributed by atoms with Crippen LogP contribution in [0.3, 0.4) is 0 Å². The van der Waals surface area contributed by atoms with Gasteiger partial charge in [-0.3, -0.25) is 23.9 Å². The Hall–Kier alpha value is -4.89. The van der Waals surface area contributed by atoms with Crippen molar-refractivity contribution in [2.75, 3.05) is 37.4 Å². The fourth-order valence-corrected chi connectivity index (χ4v) is 4.56. The summed E-state index contributed by atoms with van der Waals surface area (Å²) in [5.41, 5.74) is 0.208. The third kappa shape index (κ3) is 6.84. The lowest BCUT2D eigenvalue weighted by Gasteiger charge is -2.26. The monoisotopic (exact) mass is 595 g/mol. The molecular weight excluding hydrogens is 570 g/mol. The number of halogens is 1. The number of carbonyl (C=O) groups excluding carboxylic acids is 4. The summed E-state index contributed by atoms with van der Waals surface area (Å²) in [7, 11) is 19.5. The molecule has 0 unspecified atom stereocenters. The van der Waals surface area contributed by atoms with Crippen LogP contribution in [0.25, 0.3) is 11.3 Å². The van der Waals surface area contributed by atoms with Crippen molar-refractivity contribution < 1.29 is 28.3 Å². The summed E-state index contributed by atoms with van der Waals surface area (Å²) >= 11 is 0. The van der Waals surface area contributed by atoms with E-state index in [1.165, 1.54) is 34.9 Å². The number of hydrogen-bond acceptors (Lipinski definition) is 9. The number of piperazine rings is 1. The highest BCUT2D eigenvalue weighted by molar-refractivity contribution is 6.60. The number of hydrogen-bond donors (Lipinski definition) is 4. The second-order valence-electron chi connectivity index (χ2n) is 10.4. The minimum Gasteiger partial charge on any atom is -0.494 e. The molecule has 3 heterocycles. The average Bonchev–Trinajstić information content (AvgIpc) is 3.73. The number of ether oxygens (including phenoxy) is 1. The molecule has 2 fully saturated rings. The van der Waals surface area contributed by atoms with Crippen molar-refractivity contribution in [1.29, 1.82) is 0 Å². The van der Waals surface area contributed by atoms with Gasteiger partial charge in [0, 0.05) is 43.8 Å². The van der Waals surface area contributed by atoms with Gasteiger partial charge in [0.1, 0.15) is 11.5 Å². The van der Waals surface area contributed by atoms with E-state index in [4.69, 9.17) is 28.3 Å². The largest absolute Gasteiger partial charge is 0.494 e. The molecule has 0 spiro atoms. The number of aromatic nitrogens is 4. The standard InChI is InChI=1S/C26H25B3FN9O5/c1-38-18(25(43)39-6-5-31-20(40)11-39)9-15(37-38)14-7-13(30)8-17(22(14)44-2)32-16-10-19(33-23(41)12-3-4-12)35-36-21(16)24(42)34-26(27,28)29/h7-10,12H,3-6,11H2,1-2H3,(H,31,40)(H,34,42)(H2,32,33,35,41). The number of nitrogens with zero attached hydrogens (tertiary/aromatic N) is 5. The first kappa shape index (κ1) is 30.6. The molecule has 5 rings (SSSR count). The fourth-order valence-electron chi connectivity index (χ4n) is 4.56. The molecule has 1 aromatic carbocycles. The highest BCUT2D eigenvalue weighted by Gasteiger charge is 2.31. The molecule has 220 valence electrons. The third-order valence-electron chi connectivity index (χ3n) is 6.77. The summed E-state index contributed by atoms with van der Waals surface area (Å²) in [5, 5.41) is 20.5. The number of aryl methyl sites for hydroxylation is 1. The van der Waals surface area contributed by atoms with Crippen molar-refractivity contribution in [2.45, 2.75) is 18.1 Å². The molecule has 18 heteroatoms. The van der Waals surface area contributed by atoms with Gasteiger partial charge in [0.2, 0.25) is 11.8 Å². The van der Waals surface area contributed by atoms with Gasteiger partial charge in [-0.05, 0) is 25.0 Å². The quantitative estimate of drug-likeness (QED) is 0.239. The molecule has 4 amide bonds. The van der Waals surface area contributed by atoms with Gasteiger partial charge in [0.05, 0.1) is 54.3 Å². The Morgan fingerprint density at radius 3 is 2.52 bits per heavy atom. The van der Waals surface area contributed by atoms with E-state index in [0.717, 1.165) is 18.9 Å². The SMILES string of the molecule is [B]C([B])([B])NC(=O)c1nnc(NC(=O)C2CC2)cc1Nc1cc(F)cc(-c2cc(C(=O)N3CCNC(=O)C3)n(C)n2)c1OC. The fraction of sp³-hybridized carbons (Fsp3) is 0.346. The molecule has 1 saturated carbocycles. The number of anilines is 3. The molecule has 6 radical (unpaired) electrons. The van der Waals surface area contributed by atoms with Crippen LogP contribution in [0.1, 0.15) is 33.8 Å². The lowest BCUT2D eigenvalue weighted by atomic mass is 9.49. The molecule has 2 aliphatic rings. The molecule has 44 heavy (non-hydrogen) atoms. The zero-order valence-corrected chi connectivity index (χ0v) is 23.8. The molecule has 0 atom stereocenters. The average molecular weight is 595 g/mol. The van der Waals surface area contributed by atoms with Gasteiger partial charge in [-0.25, -0.2) is 4.39 Å². The van der Waals surface area contributed by atoms with E-state index >= 15 is 4.39 Å². The van der Waals surface area contributed by atoms with Crippen molar-refractivity contribution in [3.8, 4) is 17.0 Å². The Labute approximate surface area is 255 Å². The van der Waals surface area contributed by atoms with Crippen molar-refractivity contribution in [3.05, 3.63) is 41.5 Å². The lowest BCUT2D eigenvalue weighted by molar-refractivity contribution is -0.123. The summed E-state index contributed by atoms with van der Waals surface area (Å²) in [4.78, 5) is 51.6. The van der Waals surface area contributed by atoms with Gasteiger partial charge >= 0.3 is 0 Å². The Bertz CT molecular complexity index is 1660. The lowest BCUT2D eigenvalue weighted by Crippen LogP contribution is -2.50. The zero-order chi connectivity index (χ0) is 31.8. The molecule has 1 aliphatic heterocycles. The predicted molar refractivity (Wildman–Crippen MR) is 158 cm³/mol. The number of benzene rings is 1. The number of amides is 4. The highest BCUT2D eigenvalue weighted by atomic mass is 19.1. The van der Waals surface area contributed by atoms with Crippen LogP contribution >= 0.6 is 0 Å². The van der Waals surface area contributed by atoms with Crippen molar-refractivity contribution in [1.82, 2.24) is 35.5 Å². The normalized spacial score (nSPS) is 14.9. The number of methoxy groups -OCH3 is 1. The molecular formula is C26H25B3FN9O5. The summed E-state index contributed by atoms with van der Waals surface area (Å²) in [6.45, 7) is 0.539. The van der Waals surface area contributed by atoms with Crippen LogP contribution in [0.15, 0.2) is 24.3 Å². The third-order valence-corrected chi connectivity index (χ3v) is 6.77. The van der Waals surface area contributed by atoms with Crippen molar-refractivity contribution >= 4 is 64.4 Å². The Balaban J connectivity index is 1.52. The smallest absolute Gasteiger partial charge is 0.272 e. The summed E-state index contributed by atoms with van der Waals surface area (Å²) in [6, 6.07) is 5.05. The van der Waals surface area contributed by atoms with E-state index in [1.54, 1.807) is 7.05 Å². The van der Waals surface area contributed by atoms with Gasteiger partial charge < -0.3 is 30.9 Å². The van der Waals surface area contributed by atoms with E-state index in [2.05, 4.69) is 36.6 Å². The van der Waals surface area contributed by atoms with Crippen LogP contribution in [0, 0.1) is 11.7 Å². The molecule has 4 N–H and O–H groups in total. The summed E-state index contributed by atoms with van der Waals surface area (Å²) < 4.78 is 22.0. The minimum absolute atomic E-state index is 0.0235. The number of rotatable bonds is 9. The van der Waals surface area contributed by atoms with Gasteiger partial charge in [-0.1, -0.05) is 5.24 Å². The highest BCUT2D eigenvalue weighted by Crippen LogP contribution is 2.39. The van der Waals surface area contributed by atoms with Crippen LogP contribution in [-0.2, 0) is 16.6 Å². The van der Waals surface area contributed by atoms with E-state index < -0.39 is 22.9 Å². The van der Waals surface area contributed by atoms with E-state index in [0.29, 0.717) is 13.1 Å². The van der Waals surface area contributed by atoms with E-state index in [-0.39, 0.29) is 69.9 Å². The maximum absolute atomic E-state index is 15.1. The molecule has 1 saturated heterocycles. The maximum atomic E-state index is 15.1. The molecule has 0 bridgehead atoms. The Morgan fingerprint density at radius 1 is 1.11 bits per heavy atom. The molecule has 3 aromatic rings. The van der Waals surface area contributed by atoms with Crippen LogP contribution in [-0.4, -0.2) is 104 Å². The van der Waals surface area contributed by atoms with Crippen LogP contribution in [0.2, 0.25) is 0 Å². The van der Waals surface area contributed by atoms with E-state index in [1.807, 2.05) is 0 Å². The summed E-state index contributed by atoms with van der Waals surface area (Å²) in [5.74, 6) is -2.62. The summed E-state index contributed by atoms with van der Waals surface area (Å²) in [6.07, 6.45) is 1.49. The first-order valence-corrected chi connectivity index (χ1v) is 13.5. The topological polar surface area (TPSA) is 172 Å². The van der Waals surface area contributed by atoms with Gasteiger partial charge in [0.25, 0.3) is 11.8 Å². The molecule has 1 aliphatic carbocycles. The first-order valence-electron chi connectivity index (χ1n) is 13.5. The maximum Gasteiger partial charge on any atom is 0.272 e. The Morgan fingerprint density at radius 2 is 1.86 bits per heavy atom. The predicted octanol–water partition coefficient (Wildman–Crippen LogP) is -0.464. The number of nitrogens with one attached hydrogen (secondary N) is 4. The van der Waals surface area contributed by atoms with Crippen molar-refractivity contribution in [3.63, 3.8) is 0 Å². The molecule has 2 aromatic heterocycles. The number of carbonyl (C=O) groups is 4. The van der Waals surface area contributed by atoms with Gasteiger partial charge in [-0.2, -0.15) is 5.10 Å².